The van der Waals surface area contributed by atoms with Gasteiger partial charge in [-0.25, -0.2) is 0 Å². The van der Waals surface area contributed by atoms with Crippen molar-refractivity contribution >= 4 is 22.2 Å². The van der Waals surface area contributed by atoms with Gasteiger partial charge in [0.2, 0.25) is 0 Å². The van der Waals surface area contributed by atoms with Crippen LogP contribution in [-0.2, 0) is 12.6 Å². The van der Waals surface area contributed by atoms with Gasteiger partial charge in [0.15, 0.2) is 0 Å². The molecule has 0 fully saturated rings. The molecule has 0 aliphatic carbocycles. The van der Waals surface area contributed by atoms with Gasteiger partial charge in [0.1, 0.15) is 0 Å². The Balaban J connectivity index is 3.24. The van der Waals surface area contributed by atoms with Gasteiger partial charge in [0.05, 0.1) is 0 Å². The summed E-state index contributed by atoms with van der Waals surface area (Å²) in [6, 6.07) is 0. The molecular weight excluding hydrogens is 393 g/mol. The van der Waals surface area contributed by atoms with Gasteiger partial charge in [0, 0.05) is 0 Å². The average Bonchev–Trinajstić information content (AvgIpc) is 2.89. The third kappa shape index (κ3) is 5.73. The monoisotopic (exact) mass is 431 g/mol. The van der Waals surface area contributed by atoms with Gasteiger partial charge in [-0.2, -0.15) is 0 Å². The Kier molecular flexibility index (Phi) is 8.56. The molecule has 1 aromatic heterocycles. The zero-order chi connectivity index (χ0) is 17.5. The molecule has 0 amide bonds. The summed E-state index contributed by atoms with van der Waals surface area (Å²) in [5, 5.41) is 15.2. The number of aryl methyl sites for hydroxylation is 1. The summed E-state index contributed by atoms with van der Waals surface area (Å²) in [4.78, 5) is 4.91. The molecule has 0 bridgehead atoms. The van der Waals surface area contributed by atoms with Crippen LogP contribution in [0.2, 0.25) is 13.3 Å². The van der Waals surface area contributed by atoms with Gasteiger partial charge < -0.3 is 0 Å². The first-order valence-corrected chi connectivity index (χ1v) is 16.9. The van der Waals surface area contributed by atoms with Crippen molar-refractivity contribution < 1.29 is 5.11 Å². The molecule has 1 rings (SSSR count). The van der Waals surface area contributed by atoms with Crippen molar-refractivity contribution in [2.45, 2.75) is 92.1 Å². The van der Waals surface area contributed by atoms with Gasteiger partial charge in [-0.1, -0.05) is 0 Å². The molecule has 0 atom stereocenters. The predicted molar refractivity (Wildman–Crippen MR) is 101 cm³/mol. The molecular formula is C18H37N3OSn. The maximum absolute atomic E-state index is 10.4. The second-order valence-electron chi connectivity index (χ2n) is 7.53. The van der Waals surface area contributed by atoms with Gasteiger partial charge >= 0.3 is 147 Å². The molecule has 1 aromatic rings. The van der Waals surface area contributed by atoms with Crippen LogP contribution in [0.1, 0.15) is 79.0 Å². The van der Waals surface area contributed by atoms with E-state index in [4.69, 9.17) is 10.1 Å². The average molecular weight is 430 g/mol. The molecule has 0 aliphatic heterocycles. The molecule has 0 saturated carbocycles. The number of aliphatic hydroxyl groups is 1. The fourth-order valence-electron chi connectivity index (χ4n) is 3.40. The van der Waals surface area contributed by atoms with Gasteiger partial charge in [-0.05, 0) is 0 Å². The first-order valence-electron chi connectivity index (χ1n) is 9.45. The Hall–Kier alpha value is -0.101. The molecule has 134 valence electrons. The third-order valence-electron chi connectivity index (χ3n) is 4.81. The molecule has 0 radical (unpaired) electrons. The Morgan fingerprint density at radius 1 is 0.957 bits per heavy atom. The van der Waals surface area contributed by atoms with Crippen LogP contribution in [0.25, 0.3) is 0 Å². The first kappa shape index (κ1) is 20.9. The maximum atomic E-state index is 10.4. The Morgan fingerprint density at radius 2 is 1.39 bits per heavy atom. The van der Waals surface area contributed by atoms with Crippen LogP contribution >= 0.6 is 0 Å². The first-order chi connectivity index (χ1) is 10.8. The van der Waals surface area contributed by atoms with Gasteiger partial charge in [0.25, 0.3) is 0 Å². The minimum absolute atomic E-state index is 0.720. The number of aromatic nitrogens is 3. The summed E-state index contributed by atoms with van der Waals surface area (Å²) in [7, 11) is 1.93. The van der Waals surface area contributed by atoms with E-state index in [1.807, 2.05) is 25.6 Å². The minimum atomic E-state index is -2.57. The van der Waals surface area contributed by atoms with Crippen molar-refractivity contribution in [3.63, 3.8) is 0 Å². The topological polar surface area (TPSA) is 50.9 Å². The van der Waals surface area contributed by atoms with Crippen molar-refractivity contribution in [3.8, 4) is 0 Å². The van der Waals surface area contributed by atoms with E-state index in [1.165, 1.54) is 51.8 Å². The molecule has 4 nitrogen and oxygen atoms in total. The Morgan fingerprint density at radius 3 is 1.70 bits per heavy atom. The van der Waals surface area contributed by atoms with Crippen LogP contribution in [0.3, 0.4) is 0 Å². The van der Waals surface area contributed by atoms with Crippen molar-refractivity contribution in [1.82, 2.24) is 14.8 Å². The van der Waals surface area contributed by atoms with Crippen LogP contribution in [0.15, 0.2) is 0 Å². The fraction of sp³-hybridized carbons (Fsp3) is 0.889. The van der Waals surface area contributed by atoms with E-state index < -0.39 is 24.0 Å². The summed E-state index contributed by atoms with van der Waals surface area (Å²) in [5.41, 5.74) is -0.919. The molecule has 23 heavy (non-hydrogen) atoms. The van der Waals surface area contributed by atoms with E-state index >= 15 is 0 Å². The van der Waals surface area contributed by atoms with E-state index in [0.29, 0.717) is 0 Å². The number of nitrogens with zero attached hydrogens (tertiary/aromatic N) is 3. The number of hydrogen-bond donors (Lipinski definition) is 1. The zero-order valence-corrected chi connectivity index (χ0v) is 19.0. The number of rotatable bonds is 11. The molecule has 0 spiro atoms. The Bertz CT molecular complexity index is 444. The van der Waals surface area contributed by atoms with Crippen LogP contribution < -0.4 is 3.84 Å². The Labute approximate surface area is 147 Å². The molecule has 0 aromatic carbocycles. The van der Waals surface area contributed by atoms with E-state index in [-0.39, 0.29) is 0 Å². The van der Waals surface area contributed by atoms with Gasteiger partial charge in [-0.3, -0.25) is 0 Å². The van der Waals surface area contributed by atoms with Gasteiger partial charge in [-0.15, -0.1) is 0 Å². The fourth-order valence-corrected chi connectivity index (χ4v) is 18.3. The molecule has 1 N–H and O–H groups in total. The summed E-state index contributed by atoms with van der Waals surface area (Å²) >= 11 is -2.57. The van der Waals surface area contributed by atoms with Crippen molar-refractivity contribution in [2.75, 3.05) is 0 Å². The van der Waals surface area contributed by atoms with E-state index in [2.05, 4.69) is 20.8 Å². The number of unbranched alkanes of at least 4 members (excludes halogenated alkanes) is 3. The molecule has 0 unspecified atom stereocenters. The second-order valence-corrected chi connectivity index (χ2v) is 20.4. The molecule has 0 saturated heterocycles. The quantitative estimate of drug-likeness (QED) is 0.538. The third-order valence-corrected chi connectivity index (χ3v) is 19.3. The second kappa shape index (κ2) is 9.40. The summed E-state index contributed by atoms with van der Waals surface area (Å²) in [6.07, 6.45) is 7.67. The van der Waals surface area contributed by atoms with Crippen molar-refractivity contribution in [2.24, 2.45) is 7.05 Å². The van der Waals surface area contributed by atoms with E-state index in [9.17, 15) is 5.11 Å². The molecule has 5 heteroatoms. The number of hydrogen-bond acceptors (Lipinski definition) is 3. The predicted octanol–water partition coefficient (Wildman–Crippen LogP) is 4.10. The summed E-state index contributed by atoms with van der Waals surface area (Å²) in [6.45, 7) is 10.5. The normalized spacial score (nSPS) is 12.8. The summed E-state index contributed by atoms with van der Waals surface area (Å²) < 4.78 is 7.07. The van der Waals surface area contributed by atoms with Crippen molar-refractivity contribution in [1.29, 1.82) is 0 Å². The van der Waals surface area contributed by atoms with Crippen LogP contribution in [0, 0.1) is 0 Å². The molecule has 1 heterocycles. The van der Waals surface area contributed by atoms with E-state index in [1.54, 1.807) is 0 Å². The molecule has 0 aliphatic rings. The van der Waals surface area contributed by atoms with Crippen LogP contribution in [-0.4, -0.2) is 38.2 Å². The van der Waals surface area contributed by atoms with Crippen LogP contribution in [0.4, 0.5) is 0 Å². The van der Waals surface area contributed by atoms with Crippen LogP contribution in [0.5, 0.6) is 0 Å². The van der Waals surface area contributed by atoms with Crippen molar-refractivity contribution in [3.05, 3.63) is 5.82 Å². The zero-order valence-electron chi connectivity index (χ0n) is 16.2. The standard InChI is InChI=1S/C6H10N3O.3C4H9.Sn/c1-6(2,10)5-7-4-8-9(5)3;3*1-3-4-2;/h10H,1-3H3;3*1,3-4H2,2H3;. The van der Waals surface area contributed by atoms with E-state index in [0.717, 1.165) is 9.66 Å². The summed E-state index contributed by atoms with van der Waals surface area (Å²) in [5.74, 6) is 0.720. The SMILES string of the molecule is CCC[CH2][Sn]([CH2]CCC)([CH2]CCC)[c]1nc(C(C)(C)O)n(C)n1.